The van der Waals surface area contributed by atoms with Crippen LogP contribution in [-0.4, -0.2) is 35.7 Å². The van der Waals surface area contributed by atoms with E-state index in [-0.39, 0.29) is 5.75 Å². The highest BCUT2D eigenvalue weighted by molar-refractivity contribution is 5.71. The van der Waals surface area contributed by atoms with Crippen molar-refractivity contribution in [3.8, 4) is 11.5 Å². The van der Waals surface area contributed by atoms with Crippen molar-refractivity contribution in [1.82, 2.24) is 4.90 Å². The highest BCUT2D eigenvalue weighted by Gasteiger charge is 2.09. The lowest BCUT2D eigenvalue weighted by molar-refractivity contribution is 0.189. The summed E-state index contributed by atoms with van der Waals surface area (Å²) in [6, 6.07) is 6.17. The van der Waals surface area contributed by atoms with Gasteiger partial charge in [-0.2, -0.15) is 0 Å². The Morgan fingerprint density at radius 2 is 1.36 bits per heavy atom. The minimum Gasteiger partial charge on any atom is -0.508 e. The molecule has 0 unspecified atom stereocenters. The number of nitrogens with zero attached hydrogens (tertiary/aromatic N) is 1. The summed E-state index contributed by atoms with van der Waals surface area (Å²) in [5, 5.41) is 9.26. The Bertz CT molecular complexity index is 505. The second-order valence-corrected chi connectivity index (χ2v) is 7.56. The van der Waals surface area contributed by atoms with E-state index in [1.165, 1.54) is 64.2 Å². The molecular weight excluding hydrogens is 352 g/mol. The third-order valence-corrected chi connectivity index (χ3v) is 5.06. The molecule has 0 fully saturated rings. The summed E-state index contributed by atoms with van der Waals surface area (Å²) in [5.74, 6) is 0.880. The Hall–Kier alpha value is -1.91. The molecule has 1 aromatic carbocycles. The van der Waals surface area contributed by atoms with Crippen molar-refractivity contribution in [2.45, 2.75) is 84.0 Å². The van der Waals surface area contributed by atoms with Gasteiger partial charge in [0.2, 0.25) is 0 Å². The smallest absolute Gasteiger partial charge is 0.314 e. The molecule has 1 rings (SSSR count). The van der Waals surface area contributed by atoms with Crippen LogP contribution < -0.4 is 10.5 Å². The molecule has 0 radical (unpaired) electrons. The van der Waals surface area contributed by atoms with Crippen molar-refractivity contribution in [3.63, 3.8) is 0 Å². The fourth-order valence-electron chi connectivity index (χ4n) is 3.29. The number of carbonyl (C=O) groups is 1. The van der Waals surface area contributed by atoms with Crippen molar-refractivity contribution in [3.05, 3.63) is 24.3 Å². The number of carbonyl (C=O) groups excluding carboxylic acids is 1. The lowest BCUT2D eigenvalue weighted by atomic mass is 10.1. The zero-order chi connectivity index (χ0) is 20.5. The predicted molar refractivity (Wildman–Crippen MR) is 116 cm³/mol. The Labute approximate surface area is 171 Å². The van der Waals surface area contributed by atoms with Crippen LogP contribution in [0.25, 0.3) is 0 Å². The maximum Gasteiger partial charge on any atom is 0.314 e. The van der Waals surface area contributed by atoms with Gasteiger partial charge in [0.1, 0.15) is 18.1 Å². The van der Waals surface area contributed by atoms with Gasteiger partial charge in [-0.15, -0.1) is 0 Å². The van der Waals surface area contributed by atoms with Gasteiger partial charge < -0.3 is 20.5 Å². The SMILES string of the molecule is CCCCCCCCCCCCCCN(CCOc1ccc(O)cc1)C(N)=O. The third-order valence-electron chi connectivity index (χ3n) is 5.06. The molecule has 0 bridgehead atoms. The molecule has 160 valence electrons. The monoisotopic (exact) mass is 392 g/mol. The summed E-state index contributed by atoms with van der Waals surface area (Å²) in [6.45, 7) is 3.82. The second kappa shape index (κ2) is 16.1. The Kier molecular flexibility index (Phi) is 13.9. The third kappa shape index (κ3) is 12.5. The van der Waals surface area contributed by atoms with E-state index in [4.69, 9.17) is 10.5 Å². The van der Waals surface area contributed by atoms with Crippen LogP contribution in [0.3, 0.4) is 0 Å². The standard InChI is InChI=1S/C23H40N2O3/c1-2-3-4-5-6-7-8-9-10-11-12-13-18-25(23(24)27)19-20-28-22-16-14-21(26)15-17-22/h14-17,26H,2-13,18-20H2,1H3,(H2,24,27). The first-order valence-corrected chi connectivity index (χ1v) is 11.1. The number of amides is 2. The fraction of sp³-hybridized carbons (Fsp3) is 0.696. The number of primary amides is 1. The molecular formula is C23H40N2O3. The topological polar surface area (TPSA) is 75.8 Å². The molecule has 0 saturated carbocycles. The molecule has 0 aromatic heterocycles. The number of phenols is 1. The first-order valence-electron chi connectivity index (χ1n) is 11.1. The number of rotatable bonds is 17. The lowest BCUT2D eigenvalue weighted by Gasteiger charge is -2.20. The summed E-state index contributed by atoms with van der Waals surface area (Å²) in [4.78, 5) is 13.2. The van der Waals surface area contributed by atoms with Gasteiger partial charge in [0, 0.05) is 6.54 Å². The average Bonchev–Trinajstić information content (AvgIpc) is 2.68. The van der Waals surface area contributed by atoms with Gasteiger partial charge in [0.25, 0.3) is 0 Å². The molecule has 0 atom stereocenters. The summed E-state index contributed by atoms with van der Waals surface area (Å²) in [7, 11) is 0. The Morgan fingerprint density at radius 1 is 0.857 bits per heavy atom. The van der Waals surface area contributed by atoms with Gasteiger partial charge >= 0.3 is 6.03 Å². The van der Waals surface area contributed by atoms with Crippen LogP contribution in [0.15, 0.2) is 24.3 Å². The second-order valence-electron chi connectivity index (χ2n) is 7.56. The molecule has 5 nitrogen and oxygen atoms in total. The molecule has 2 amide bonds. The van der Waals surface area contributed by atoms with Crippen LogP contribution in [0.2, 0.25) is 0 Å². The maximum atomic E-state index is 11.6. The van der Waals surface area contributed by atoms with Crippen molar-refractivity contribution < 1.29 is 14.6 Å². The molecule has 0 aliphatic carbocycles. The highest BCUT2D eigenvalue weighted by Crippen LogP contribution is 2.16. The van der Waals surface area contributed by atoms with E-state index in [2.05, 4.69) is 6.92 Å². The number of urea groups is 1. The molecule has 1 aromatic rings. The summed E-state index contributed by atoms with van der Waals surface area (Å²) in [6.07, 6.45) is 15.6. The van der Waals surface area contributed by atoms with Crippen LogP contribution >= 0.6 is 0 Å². The number of unbranched alkanes of at least 4 members (excludes halogenated alkanes) is 11. The van der Waals surface area contributed by atoms with Crippen molar-refractivity contribution in [2.75, 3.05) is 19.7 Å². The van der Waals surface area contributed by atoms with Crippen LogP contribution in [0.1, 0.15) is 84.0 Å². The number of nitrogens with two attached hydrogens (primary N) is 1. The van der Waals surface area contributed by atoms with Crippen LogP contribution in [0, 0.1) is 0 Å². The van der Waals surface area contributed by atoms with Crippen LogP contribution in [0.5, 0.6) is 11.5 Å². The van der Waals surface area contributed by atoms with Crippen molar-refractivity contribution >= 4 is 6.03 Å². The van der Waals surface area contributed by atoms with Gasteiger partial charge in [-0.05, 0) is 30.7 Å². The summed E-state index contributed by atoms with van der Waals surface area (Å²) in [5.41, 5.74) is 5.47. The van der Waals surface area contributed by atoms with E-state index in [0.717, 1.165) is 12.8 Å². The number of benzene rings is 1. The molecule has 28 heavy (non-hydrogen) atoms. The average molecular weight is 393 g/mol. The normalized spacial score (nSPS) is 10.8. The number of hydrogen-bond acceptors (Lipinski definition) is 3. The van der Waals surface area contributed by atoms with Gasteiger partial charge in [0.15, 0.2) is 0 Å². The Balaban J connectivity index is 2.00. The minimum absolute atomic E-state index is 0.207. The van der Waals surface area contributed by atoms with E-state index in [1.807, 2.05) is 0 Å². The molecule has 0 aliphatic heterocycles. The van der Waals surface area contributed by atoms with Gasteiger partial charge in [-0.1, -0.05) is 77.6 Å². The predicted octanol–water partition coefficient (Wildman–Crippen LogP) is 5.85. The van der Waals surface area contributed by atoms with E-state index >= 15 is 0 Å². The van der Waals surface area contributed by atoms with Gasteiger partial charge in [0.05, 0.1) is 6.54 Å². The number of ether oxygens (including phenoxy) is 1. The number of phenolic OH excluding ortho intramolecular Hbond substituents is 1. The quantitative estimate of drug-likeness (QED) is 0.326. The molecule has 0 saturated heterocycles. The highest BCUT2D eigenvalue weighted by atomic mass is 16.5. The van der Waals surface area contributed by atoms with Crippen molar-refractivity contribution in [1.29, 1.82) is 0 Å². The number of hydrogen-bond donors (Lipinski definition) is 2. The van der Waals surface area contributed by atoms with E-state index in [1.54, 1.807) is 29.2 Å². The first-order chi connectivity index (χ1) is 13.6. The molecule has 3 N–H and O–H groups in total. The zero-order valence-electron chi connectivity index (χ0n) is 17.7. The first kappa shape index (κ1) is 24.1. The van der Waals surface area contributed by atoms with Crippen molar-refractivity contribution in [2.24, 2.45) is 5.73 Å². The zero-order valence-corrected chi connectivity index (χ0v) is 17.7. The van der Waals surface area contributed by atoms with Gasteiger partial charge in [-0.25, -0.2) is 4.79 Å². The number of aromatic hydroxyl groups is 1. The van der Waals surface area contributed by atoms with E-state index in [0.29, 0.717) is 25.4 Å². The molecule has 0 spiro atoms. The van der Waals surface area contributed by atoms with Crippen LogP contribution in [-0.2, 0) is 0 Å². The van der Waals surface area contributed by atoms with E-state index in [9.17, 15) is 9.90 Å². The maximum absolute atomic E-state index is 11.6. The fourth-order valence-corrected chi connectivity index (χ4v) is 3.29. The largest absolute Gasteiger partial charge is 0.508 e. The lowest BCUT2D eigenvalue weighted by Crippen LogP contribution is -2.39. The summed E-state index contributed by atoms with van der Waals surface area (Å²) >= 11 is 0. The minimum atomic E-state index is -0.391. The van der Waals surface area contributed by atoms with E-state index < -0.39 is 6.03 Å². The molecule has 5 heteroatoms. The Morgan fingerprint density at radius 3 is 1.86 bits per heavy atom. The van der Waals surface area contributed by atoms with Gasteiger partial charge in [-0.3, -0.25) is 0 Å². The molecule has 0 heterocycles. The molecule has 0 aliphatic rings. The summed E-state index contributed by atoms with van der Waals surface area (Å²) < 4.78 is 5.59. The van der Waals surface area contributed by atoms with Crippen LogP contribution in [0.4, 0.5) is 4.79 Å².